The van der Waals surface area contributed by atoms with Crippen molar-refractivity contribution in [1.82, 2.24) is 10.2 Å². The van der Waals surface area contributed by atoms with E-state index in [1.807, 2.05) is 45.9 Å². The van der Waals surface area contributed by atoms with Gasteiger partial charge in [0.05, 0.1) is 13.1 Å². The molecule has 6 heteroatoms. The summed E-state index contributed by atoms with van der Waals surface area (Å²) < 4.78 is 0. The van der Waals surface area contributed by atoms with Crippen molar-refractivity contribution in [2.75, 3.05) is 18.4 Å². The fourth-order valence-electron chi connectivity index (χ4n) is 2.68. The third kappa shape index (κ3) is 6.86. The topological polar surface area (TPSA) is 78.5 Å². The molecule has 6 nitrogen and oxygen atoms in total. The molecule has 1 fully saturated rings. The Labute approximate surface area is 155 Å². The Morgan fingerprint density at radius 1 is 1.15 bits per heavy atom. The van der Waals surface area contributed by atoms with Crippen LogP contribution in [-0.4, -0.2) is 41.8 Å². The number of benzene rings is 1. The number of hydrogen-bond acceptors (Lipinski definition) is 3. The number of anilines is 1. The number of amides is 3. The van der Waals surface area contributed by atoms with Crippen LogP contribution in [0.2, 0.25) is 0 Å². The second-order valence-electron chi connectivity index (χ2n) is 8.18. The highest BCUT2D eigenvalue weighted by Crippen LogP contribution is 2.29. The third-order valence-electron chi connectivity index (χ3n) is 4.05. The first kappa shape index (κ1) is 19.9. The molecule has 1 aromatic rings. The number of carbonyl (C=O) groups is 3. The van der Waals surface area contributed by atoms with E-state index >= 15 is 0 Å². The molecule has 0 saturated heterocycles. The molecule has 1 aromatic carbocycles. The van der Waals surface area contributed by atoms with Gasteiger partial charge in [0.1, 0.15) is 0 Å². The second kappa shape index (κ2) is 8.34. The predicted molar refractivity (Wildman–Crippen MR) is 102 cm³/mol. The van der Waals surface area contributed by atoms with E-state index in [0.717, 1.165) is 18.4 Å². The van der Waals surface area contributed by atoms with Gasteiger partial charge in [-0.1, -0.05) is 32.9 Å². The lowest BCUT2D eigenvalue weighted by molar-refractivity contribution is -0.138. The molecule has 0 aliphatic heterocycles. The summed E-state index contributed by atoms with van der Waals surface area (Å²) in [6.07, 6.45) is 2.29. The van der Waals surface area contributed by atoms with Crippen LogP contribution in [0.3, 0.4) is 0 Å². The zero-order chi connectivity index (χ0) is 19.3. The zero-order valence-electron chi connectivity index (χ0n) is 16.1. The van der Waals surface area contributed by atoms with E-state index in [2.05, 4.69) is 10.6 Å². The van der Waals surface area contributed by atoms with Crippen LogP contribution in [0.5, 0.6) is 0 Å². The minimum absolute atomic E-state index is 0.000590. The molecule has 1 aliphatic rings. The van der Waals surface area contributed by atoms with E-state index in [9.17, 15) is 14.4 Å². The smallest absolute Gasteiger partial charge is 0.243 e. The number of aryl methyl sites for hydroxylation is 1. The quantitative estimate of drug-likeness (QED) is 0.785. The first-order valence-corrected chi connectivity index (χ1v) is 9.07. The number of nitrogens with one attached hydrogen (secondary N) is 2. The van der Waals surface area contributed by atoms with Gasteiger partial charge >= 0.3 is 0 Å². The Bertz CT molecular complexity index is 675. The van der Waals surface area contributed by atoms with Crippen LogP contribution in [0.1, 0.15) is 45.6 Å². The van der Waals surface area contributed by atoms with Crippen molar-refractivity contribution in [3.63, 3.8) is 0 Å². The number of rotatable bonds is 7. The van der Waals surface area contributed by atoms with Gasteiger partial charge in [-0.3, -0.25) is 14.4 Å². The number of carbonyl (C=O) groups excluding carboxylic acids is 3. The van der Waals surface area contributed by atoms with Crippen molar-refractivity contribution < 1.29 is 14.4 Å². The van der Waals surface area contributed by atoms with Crippen LogP contribution in [0.15, 0.2) is 24.3 Å². The van der Waals surface area contributed by atoms with Gasteiger partial charge in [-0.15, -0.1) is 0 Å². The highest BCUT2D eigenvalue weighted by atomic mass is 16.2. The second-order valence-corrected chi connectivity index (χ2v) is 8.18. The minimum atomic E-state index is -0.307. The maximum atomic E-state index is 12.5. The molecule has 0 aromatic heterocycles. The van der Waals surface area contributed by atoms with Crippen LogP contribution in [0.25, 0.3) is 0 Å². The minimum Gasteiger partial charge on any atom is -0.345 e. The molecule has 0 bridgehead atoms. The first-order chi connectivity index (χ1) is 12.1. The molecule has 2 N–H and O–H groups in total. The van der Waals surface area contributed by atoms with Crippen molar-refractivity contribution >= 4 is 23.4 Å². The summed E-state index contributed by atoms with van der Waals surface area (Å²) in [4.78, 5) is 38.3. The fraction of sp³-hybridized carbons (Fsp3) is 0.550. The Morgan fingerprint density at radius 2 is 1.85 bits per heavy atom. The molecule has 1 saturated carbocycles. The molecule has 0 heterocycles. The molecule has 0 atom stereocenters. The van der Waals surface area contributed by atoms with Gasteiger partial charge in [0.25, 0.3) is 0 Å². The maximum absolute atomic E-state index is 12.5. The average molecular weight is 359 g/mol. The monoisotopic (exact) mass is 359 g/mol. The molecule has 26 heavy (non-hydrogen) atoms. The Kier molecular flexibility index (Phi) is 6.40. The first-order valence-electron chi connectivity index (χ1n) is 9.07. The lowest BCUT2D eigenvalue weighted by atomic mass is 9.91. The van der Waals surface area contributed by atoms with Crippen molar-refractivity contribution in [3.05, 3.63) is 29.8 Å². The van der Waals surface area contributed by atoms with Gasteiger partial charge in [0.2, 0.25) is 17.7 Å². The van der Waals surface area contributed by atoms with Crippen molar-refractivity contribution in [1.29, 1.82) is 0 Å². The van der Waals surface area contributed by atoms with Gasteiger partial charge in [-0.25, -0.2) is 0 Å². The lowest BCUT2D eigenvalue weighted by Gasteiger charge is -2.26. The molecule has 0 unspecified atom stereocenters. The molecule has 2 rings (SSSR count). The highest BCUT2D eigenvalue weighted by Gasteiger charge is 2.35. The molecule has 0 spiro atoms. The van der Waals surface area contributed by atoms with Gasteiger partial charge in [0.15, 0.2) is 0 Å². The maximum Gasteiger partial charge on any atom is 0.243 e. The van der Waals surface area contributed by atoms with Gasteiger partial charge in [-0.05, 0) is 42.9 Å². The summed E-state index contributed by atoms with van der Waals surface area (Å²) in [5.74, 6) is -0.596. The molecule has 1 aliphatic carbocycles. The van der Waals surface area contributed by atoms with E-state index in [0.29, 0.717) is 12.1 Å². The SMILES string of the molecule is Cc1cccc(NC(=O)CNC(=O)CN(C(=O)CC(C)(C)C)C2CC2)c1. The summed E-state index contributed by atoms with van der Waals surface area (Å²) in [6.45, 7) is 7.86. The molecule has 0 radical (unpaired) electrons. The Morgan fingerprint density at radius 3 is 2.42 bits per heavy atom. The van der Waals surface area contributed by atoms with Gasteiger partial charge in [0, 0.05) is 18.2 Å². The lowest BCUT2D eigenvalue weighted by Crippen LogP contribution is -2.44. The van der Waals surface area contributed by atoms with Crippen LogP contribution in [-0.2, 0) is 14.4 Å². The molecule has 3 amide bonds. The molecule has 142 valence electrons. The third-order valence-corrected chi connectivity index (χ3v) is 4.05. The van der Waals surface area contributed by atoms with Crippen LogP contribution < -0.4 is 10.6 Å². The molecular formula is C20H29N3O3. The zero-order valence-corrected chi connectivity index (χ0v) is 16.1. The van der Waals surface area contributed by atoms with E-state index in [4.69, 9.17) is 0 Å². The van der Waals surface area contributed by atoms with E-state index in [-0.39, 0.29) is 42.3 Å². The summed E-state index contributed by atoms with van der Waals surface area (Å²) in [5.41, 5.74) is 1.63. The highest BCUT2D eigenvalue weighted by molar-refractivity contribution is 5.95. The fourth-order valence-corrected chi connectivity index (χ4v) is 2.68. The molecular weight excluding hydrogens is 330 g/mol. The van der Waals surface area contributed by atoms with Crippen LogP contribution in [0, 0.1) is 12.3 Å². The Balaban J connectivity index is 1.80. The summed E-state index contributed by atoms with van der Waals surface area (Å²) >= 11 is 0. The van der Waals surface area contributed by atoms with E-state index in [1.54, 1.807) is 11.0 Å². The van der Waals surface area contributed by atoms with Crippen molar-refractivity contribution in [2.45, 2.75) is 53.0 Å². The number of hydrogen-bond donors (Lipinski definition) is 2. The largest absolute Gasteiger partial charge is 0.345 e. The summed E-state index contributed by atoms with van der Waals surface area (Å²) in [6, 6.07) is 7.62. The van der Waals surface area contributed by atoms with Crippen LogP contribution >= 0.6 is 0 Å². The average Bonchev–Trinajstić information content (AvgIpc) is 3.33. The normalized spacial score (nSPS) is 13.8. The summed E-state index contributed by atoms with van der Waals surface area (Å²) in [7, 11) is 0. The predicted octanol–water partition coefficient (Wildman–Crippen LogP) is 2.48. The van der Waals surface area contributed by atoms with Crippen molar-refractivity contribution in [2.24, 2.45) is 5.41 Å². The summed E-state index contributed by atoms with van der Waals surface area (Å²) in [5, 5.41) is 5.35. The number of nitrogens with zero attached hydrogens (tertiary/aromatic N) is 1. The van der Waals surface area contributed by atoms with E-state index in [1.165, 1.54) is 0 Å². The van der Waals surface area contributed by atoms with Crippen LogP contribution in [0.4, 0.5) is 5.69 Å². The Hall–Kier alpha value is -2.37. The van der Waals surface area contributed by atoms with Gasteiger partial charge in [-0.2, -0.15) is 0 Å². The standard InChI is InChI=1S/C20H29N3O3/c1-14-6-5-7-15(10-14)22-17(24)12-21-18(25)13-23(16-8-9-16)19(26)11-20(2,3)4/h5-7,10,16H,8-9,11-13H2,1-4H3,(H,21,25)(H,22,24). The van der Waals surface area contributed by atoms with Crippen molar-refractivity contribution in [3.8, 4) is 0 Å². The van der Waals surface area contributed by atoms with E-state index < -0.39 is 0 Å². The van der Waals surface area contributed by atoms with Gasteiger partial charge < -0.3 is 15.5 Å².